The van der Waals surface area contributed by atoms with Crippen molar-refractivity contribution in [3.05, 3.63) is 71.3 Å². The highest BCUT2D eigenvalue weighted by molar-refractivity contribution is 5.79. The molecule has 1 atom stereocenters. The number of nitrogens with zero attached hydrogens (tertiary/aromatic N) is 2. The molecule has 5 nitrogen and oxygen atoms in total. The summed E-state index contributed by atoms with van der Waals surface area (Å²) < 4.78 is 31.7. The molecule has 2 heterocycles. The molecule has 2 aliphatic heterocycles. The van der Waals surface area contributed by atoms with Gasteiger partial charge in [0.15, 0.2) is 0 Å². The maximum Gasteiger partial charge on any atom is 0.490 e. The van der Waals surface area contributed by atoms with Gasteiger partial charge in [0.2, 0.25) is 5.91 Å². The number of hydrogen-bond acceptors (Lipinski definition) is 3. The molecule has 0 saturated carbocycles. The van der Waals surface area contributed by atoms with E-state index in [9.17, 15) is 18.0 Å². The summed E-state index contributed by atoms with van der Waals surface area (Å²) in [6.45, 7) is 6.25. The predicted molar refractivity (Wildman–Crippen MR) is 128 cm³/mol. The number of likely N-dealkylation sites (tertiary alicyclic amines) is 2. The third-order valence-corrected chi connectivity index (χ3v) is 6.95. The van der Waals surface area contributed by atoms with Crippen LogP contribution in [-0.2, 0) is 22.6 Å². The molecule has 0 aromatic heterocycles. The first-order chi connectivity index (χ1) is 16.6. The van der Waals surface area contributed by atoms with Crippen molar-refractivity contribution < 1.29 is 27.9 Å². The van der Waals surface area contributed by atoms with E-state index in [-0.39, 0.29) is 5.54 Å². The number of amides is 1. The van der Waals surface area contributed by atoms with Crippen LogP contribution in [0.1, 0.15) is 48.8 Å². The molecule has 2 saturated heterocycles. The number of aliphatic carboxylic acids is 1. The van der Waals surface area contributed by atoms with Crippen LogP contribution in [0.4, 0.5) is 13.2 Å². The van der Waals surface area contributed by atoms with Gasteiger partial charge in [-0.1, -0.05) is 60.2 Å². The molecule has 0 radical (unpaired) electrons. The molecular formula is C27H33F3N2O3. The van der Waals surface area contributed by atoms with Gasteiger partial charge in [-0.25, -0.2) is 4.79 Å². The number of benzene rings is 2. The van der Waals surface area contributed by atoms with Gasteiger partial charge in [0.05, 0.1) is 0 Å². The molecule has 0 aliphatic carbocycles. The second-order valence-corrected chi connectivity index (χ2v) is 9.42. The first-order valence-corrected chi connectivity index (χ1v) is 12.0. The monoisotopic (exact) mass is 490 g/mol. The summed E-state index contributed by atoms with van der Waals surface area (Å²) >= 11 is 0. The summed E-state index contributed by atoms with van der Waals surface area (Å²) in [5.41, 5.74) is 4.02. The van der Waals surface area contributed by atoms with Crippen LogP contribution in [0.25, 0.3) is 0 Å². The Balaban J connectivity index is 0.000000429. The minimum absolute atomic E-state index is 0.0729. The van der Waals surface area contributed by atoms with Crippen LogP contribution in [0.2, 0.25) is 0 Å². The van der Waals surface area contributed by atoms with Crippen LogP contribution in [0.5, 0.6) is 0 Å². The molecule has 1 unspecified atom stereocenters. The maximum absolute atomic E-state index is 12.7. The van der Waals surface area contributed by atoms with Crippen molar-refractivity contribution in [3.63, 3.8) is 0 Å². The summed E-state index contributed by atoms with van der Waals surface area (Å²) in [6.07, 6.45) is 1.22. The molecule has 190 valence electrons. The highest BCUT2D eigenvalue weighted by Crippen LogP contribution is 2.40. The normalized spacial score (nSPS) is 20.9. The molecule has 1 N–H and O–H groups in total. The van der Waals surface area contributed by atoms with Crippen LogP contribution in [0.3, 0.4) is 0 Å². The van der Waals surface area contributed by atoms with E-state index in [2.05, 4.69) is 71.3 Å². The summed E-state index contributed by atoms with van der Waals surface area (Å²) in [7, 11) is 0. The molecule has 1 spiro atoms. The van der Waals surface area contributed by atoms with E-state index in [0.717, 1.165) is 58.3 Å². The van der Waals surface area contributed by atoms with Crippen molar-refractivity contribution in [1.82, 2.24) is 9.80 Å². The number of halogens is 3. The fourth-order valence-electron chi connectivity index (χ4n) is 4.92. The summed E-state index contributed by atoms with van der Waals surface area (Å²) in [5, 5.41) is 7.12. The lowest BCUT2D eigenvalue weighted by molar-refractivity contribution is -0.192. The molecule has 1 amide bonds. The van der Waals surface area contributed by atoms with Crippen molar-refractivity contribution in [3.8, 4) is 0 Å². The Hall–Kier alpha value is -2.87. The third kappa shape index (κ3) is 7.56. The van der Waals surface area contributed by atoms with Crippen LogP contribution in [0.15, 0.2) is 54.6 Å². The average Bonchev–Trinajstić information content (AvgIpc) is 2.99. The number of carboxylic acids is 1. The molecule has 2 aromatic rings. The second-order valence-electron chi connectivity index (χ2n) is 9.42. The van der Waals surface area contributed by atoms with Crippen LogP contribution in [0, 0.1) is 6.92 Å². The Morgan fingerprint density at radius 1 is 0.971 bits per heavy atom. The number of rotatable bonds is 5. The van der Waals surface area contributed by atoms with Gasteiger partial charge in [0, 0.05) is 31.6 Å². The fourth-order valence-corrected chi connectivity index (χ4v) is 4.92. The van der Waals surface area contributed by atoms with Gasteiger partial charge in [0.25, 0.3) is 0 Å². The van der Waals surface area contributed by atoms with E-state index >= 15 is 0 Å². The molecule has 2 fully saturated rings. The summed E-state index contributed by atoms with van der Waals surface area (Å²) in [6, 6.07) is 19.4. The standard InChI is InChI=1S/C25H32N2O.C2HF3O2/c1-21-8-10-23(11-9-21)20-27-24(28)12-15-25(27)14-5-17-26(19-16-25)18-13-22-6-3-2-4-7-22;3-2(4,5)1(6)7/h2-4,6-11H,5,12-20H2,1H3;(H,6,7). The number of aryl methyl sites for hydroxylation is 1. The minimum Gasteiger partial charge on any atom is -0.475 e. The van der Waals surface area contributed by atoms with Crippen molar-refractivity contribution >= 4 is 11.9 Å². The van der Waals surface area contributed by atoms with Gasteiger partial charge in [-0.3, -0.25) is 4.79 Å². The van der Waals surface area contributed by atoms with Gasteiger partial charge >= 0.3 is 12.1 Å². The maximum atomic E-state index is 12.7. The van der Waals surface area contributed by atoms with Crippen molar-refractivity contribution in [1.29, 1.82) is 0 Å². The second kappa shape index (κ2) is 11.7. The van der Waals surface area contributed by atoms with Gasteiger partial charge in [-0.2, -0.15) is 13.2 Å². The molecule has 2 aliphatic rings. The molecule has 35 heavy (non-hydrogen) atoms. The van der Waals surface area contributed by atoms with Crippen LogP contribution < -0.4 is 0 Å². The van der Waals surface area contributed by atoms with Crippen molar-refractivity contribution in [2.45, 2.75) is 63.7 Å². The Morgan fingerprint density at radius 2 is 1.63 bits per heavy atom. The SMILES string of the molecule is Cc1ccc(CN2C(=O)CCC23CCCN(CCc2ccccc2)CC3)cc1.O=C(O)C(F)(F)F. The van der Waals surface area contributed by atoms with E-state index < -0.39 is 12.1 Å². The van der Waals surface area contributed by atoms with Crippen molar-refractivity contribution in [2.24, 2.45) is 0 Å². The Labute approximate surface area is 204 Å². The lowest BCUT2D eigenvalue weighted by Gasteiger charge is -2.38. The van der Waals surface area contributed by atoms with Gasteiger partial charge < -0.3 is 14.9 Å². The first-order valence-electron chi connectivity index (χ1n) is 12.0. The van der Waals surface area contributed by atoms with E-state index in [4.69, 9.17) is 9.90 Å². The topological polar surface area (TPSA) is 60.9 Å². The summed E-state index contributed by atoms with van der Waals surface area (Å²) in [4.78, 5) is 26.5. The van der Waals surface area contributed by atoms with Gasteiger partial charge in [-0.15, -0.1) is 0 Å². The quantitative estimate of drug-likeness (QED) is 0.625. The Kier molecular flexibility index (Phi) is 8.94. The zero-order valence-electron chi connectivity index (χ0n) is 20.1. The number of carbonyl (C=O) groups is 2. The highest BCUT2D eigenvalue weighted by Gasteiger charge is 2.45. The Bertz CT molecular complexity index is 979. The van der Waals surface area contributed by atoms with E-state index in [1.807, 2.05) is 0 Å². The van der Waals surface area contributed by atoms with E-state index in [1.54, 1.807) is 0 Å². The fraction of sp³-hybridized carbons (Fsp3) is 0.481. The van der Waals surface area contributed by atoms with Crippen LogP contribution in [-0.4, -0.2) is 58.1 Å². The zero-order chi connectivity index (χ0) is 25.5. The predicted octanol–water partition coefficient (Wildman–Crippen LogP) is 5.22. The third-order valence-electron chi connectivity index (χ3n) is 6.95. The van der Waals surface area contributed by atoms with Crippen LogP contribution >= 0.6 is 0 Å². The molecule has 8 heteroatoms. The summed E-state index contributed by atoms with van der Waals surface area (Å²) in [5.74, 6) is -2.41. The number of carbonyl (C=O) groups excluding carboxylic acids is 1. The molecular weight excluding hydrogens is 457 g/mol. The minimum atomic E-state index is -5.08. The first kappa shape index (κ1) is 26.7. The lowest BCUT2D eigenvalue weighted by Crippen LogP contribution is -2.46. The van der Waals surface area contributed by atoms with Gasteiger partial charge in [-0.05, 0) is 56.7 Å². The lowest BCUT2D eigenvalue weighted by atomic mass is 9.87. The number of alkyl halides is 3. The zero-order valence-corrected chi connectivity index (χ0v) is 20.1. The van der Waals surface area contributed by atoms with E-state index in [0.29, 0.717) is 5.91 Å². The largest absolute Gasteiger partial charge is 0.490 e. The smallest absolute Gasteiger partial charge is 0.475 e. The molecule has 0 bridgehead atoms. The molecule has 2 aromatic carbocycles. The van der Waals surface area contributed by atoms with Crippen molar-refractivity contribution in [2.75, 3.05) is 19.6 Å². The Morgan fingerprint density at radius 3 is 2.26 bits per heavy atom. The number of hydrogen-bond donors (Lipinski definition) is 1. The van der Waals surface area contributed by atoms with E-state index in [1.165, 1.54) is 23.1 Å². The molecule has 4 rings (SSSR count). The average molecular weight is 491 g/mol. The highest BCUT2D eigenvalue weighted by atomic mass is 19.4. The van der Waals surface area contributed by atoms with Gasteiger partial charge in [0.1, 0.15) is 0 Å². The number of carboxylic acid groups (broad SMARTS) is 1.